The van der Waals surface area contributed by atoms with Crippen molar-refractivity contribution in [3.8, 4) is 0 Å². The number of imidazole rings is 1. The molecular weight excluding hydrogens is 250 g/mol. The second-order valence-electron chi connectivity index (χ2n) is 5.86. The average Bonchev–Trinajstić information content (AvgIpc) is 2.77. The SMILES string of the molecule is CCCNC(CCC(C)C)c1ccc2[nH]c(=O)[nH]c2c1. The Balaban J connectivity index is 2.21. The fourth-order valence-corrected chi connectivity index (χ4v) is 2.47. The van der Waals surface area contributed by atoms with Gasteiger partial charge in [-0.15, -0.1) is 0 Å². The number of hydrogen-bond donors (Lipinski definition) is 3. The van der Waals surface area contributed by atoms with E-state index in [2.05, 4.69) is 48.2 Å². The zero-order valence-electron chi connectivity index (χ0n) is 12.6. The summed E-state index contributed by atoms with van der Waals surface area (Å²) >= 11 is 0. The number of hydrogen-bond acceptors (Lipinski definition) is 2. The van der Waals surface area contributed by atoms with Crippen molar-refractivity contribution in [2.75, 3.05) is 6.54 Å². The highest BCUT2D eigenvalue weighted by molar-refractivity contribution is 5.75. The van der Waals surface area contributed by atoms with Gasteiger partial charge in [-0.25, -0.2) is 4.79 Å². The lowest BCUT2D eigenvalue weighted by Gasteiger charge is -2.20. The summed E-state index contributed by atoms with van der Waals surface area (Å²) in [5.41, 5.74) is 2.87. The number of aromatic amines is 2. The molecule has 0 radical (unpaired) electrons. The van der Waals surface area contributed by atoms with Crippen molar-refractivity contribution in [1.82, 2.24) is 15.3 Å². The monoisotopic (exact) mass is 275 g/mol. The van der Waals surface area contributed by atoms with E-state index < -0.39 is 0 Å². The van der Waals surface area contributed by atoms with E-state index in [0.29, 0.717) is 12.0 Å². The summed E-state index contributed by atoms with van der Waals surface area (Å²) in [6.45, 7) is 7.71. The van der Waals surface area contributed by atoms with E-state index in [0.717, 1.165) is 30.4 Å². The first-order valence-corrected chi connectivity index (χ1v) is 7.55. The van der Waals surface area contributed by atoms with Crippen molar-refractivity contribution in [3.05, 3.63) is 34.2 Å². The average molecular weight is 275 g/mol. The van der Waals surface area contributed by atoms with Crippen LogP contribution in [0, 0.1) is 5.92 Å². The molecule has 1 atom stereocenters. The van der Waals surface area contributed by atoms with E-state index in [4.69, 9.17) is 0 Å². The van der Waals surface area contributed by atoms with Gasteiger partial charge in [0.05, 0.1) is 11.0 Å². The van der Waals surface area contributed by atoms with Crippen LogP contribution in [0.15, 0.2) is 23.0 Å². The van der Waals surface area contributed by atoms with Crippen LogP contribution in [0.3, 0.4) is 0 Å². The van der Waals surface area contributed by atoms with Crippen molar-refractivity contribution in [2.24, 2.45) is 5.92 Å². The minimum atomic E-state index is -0.141. The molecule has 0 spiro atoms. The van der Waals surface area contributed by atoms with Crippen LogP contribution in [0.25, 0.3) is 11.0 Å². The maximum absolute atomic E-state index is 11.3. The molecule has 1 heterocycles. The maximum atomic E-state index is 11.3. The van der Waals surface area contributed by atoms with Gasteiger partial charge in [-0.1, -0.05) is 26.8 Å². The van der Waals surface area contributed by atoms with Crippen LogP contribution in [0.5, 0.6) is 0 Å². The maximum Gasteiger partial charge on any atom is 0.323 e. The standard InChI is InChI=1S/C16H25N3O/c1-4-9-17-13(7-5-11(2)3)12-6-8-14-15(10-12)19-16(20)18-14/h6,8,10-11,13,17H,4-5,7,9H2,1-3H3,(H2,18,19,20). The Kier molecular flexibility index (Phi) is 5.01. The van der Waals surface area contributed by atoms with E-state index in [9.17, 15) is 4.79 Å². The molecular formula is C16H25N3O. The molecule has 2 rings (SSSR count). The number of benzene rings is 1. The molecule has 4 nitrogen and oxygen atoms in total. The first-order chi connectivity index (χ1) is 9.60. The van der Waals surface area contributed by atoms with E-state index in [1.165, 1.54) is 12.0 Å². The van der Waals surface area contributed by atoms with Crippen LogP contribution in [0.4, 0.5) is 0 Å². The van der Waals surface area contributed by atoms with E-state index in [-0.39, 0.29) is 5.69 Å². The normalized spacial score (nSPS) is 13.2. The molecule has 4 heteroatoms. The molecule has 0 aliphatic rings. The number of fused-ring (bicyclic) bond motifs is 1. The smallest absolute Gasteiger partial charge is 0.310 e. The van der Waals surface area contributed by atoms with Crippen molar-refractivity contribution >= 4 is 11.0 Å². The summed E-state index contributed by atoms with van der Waals surface area (Å²) < 4.78 is 0. The van der Waals surface area contributed by atoms with Gasteiger partial charge in [-0.3, -0.25) is 0 Å². The van der Waals surface area contributed by atoms with Crippen LogP contribution in [0.1, 0.15) is 51.6 Å². The van der Waals surface area contributed by atoms with Gasteiger partial charge in [-0.2, -0.15) is 0 Å². The molecule has 0 saturated heterocycles. The lowest BCUT2D eigenvalue weighted by Crippen LogP contribution is -2.22. The predicted octanol–water partition coefficient (Wildman–Crippen LogP) is 3.33. The van der Waals surface area contributed by atoms with Gasteiger partial charge in [0.15, 0.2) is 0 Å². The van der Waals surface area contributed by atoms with Crippen molar-refractivity contribution in [2.45, 2.75) is 46.1 Å². The van der Waals surface area contributed by atoms with E-state index in [1.807, 2.05) is 6.07 Å². The van der Waals surface area contributed by atoms with Crippen LogP contribution in [0.2, 0.25) is 0 Å². The third-order valence-electron chi connectivity index (χ3n) is 3.62. The fourth-order valence-electron chi connectivity index (χ4n) is 2.47. The van der Waals surface area contributed by atoms with E-state index >= 15 is 0 Å². The topological polar surface area (TPSA) is 60.7 Å². The first kappa shape index (κ1) is 14.9. The number of nitrogens with one attached hydrogen (secondary N) is 3. The van der Waals surface area contributed by atoms with Crippen LogP contribution < -0.4 is 11.0 Å². The first-order valence-electron chi connectivity index (χ1n) is 7.55. The second-order valence-corrected chi connectivity index (χ2v) is 5.86. The lowest BCUT2D eigenvalue weighted by molar-refractivity contribution is 0.441. The van der Waals surface area contributed by atoms with Crippen LogP contribution in [-0.4, -0.2) is 16.5 Å². The summed E-state index contributed by atoms with van der Waals surface area (Å²) in [6, 6.07) is 6.54. The third-order valence-corrected chi connectivity index (χ3v) is 3.62. The molecule has 110 valence electrons. The Morgan fingerprint density at radius 3 is 2.60 bits per heavy atom. The number of H-pyrrole nitrogens is 2. The molecule has 3 N–H and O–H groups in total. The summed E-state index contributed by atoms with van der Waals surface area (Å²) in [4.78, 5) is 17.0. The molecule has 1 aromatic heterocycles. The van der Waals surface area contributed by atoms with Gasteiger partial charge in [0.1, 0.15) is 0 Å². The molecule has 0 bridgehead atoms. The molecule has 2 aromatic rings. The van der Waals surface area contributed by atoms with E-state index in [1.54, 1.807) is 0 Å². The van der Waals surface area contributed by atoms with Gasteiger partial charge >= 0.3 is 5.69 Å². The second kappa shape index (κ2) is 6.75. The minimum Gasteiger partial charge on any atom is -0.310 e. The predicted molar refractivity (Wildman–Crippen MR) is 84.0 cm³/mol. The van der Waals surface area contributed by atoms with Gasteiger partial charge in [0, 0.05) is 6.04 Å². The van der Waals surface area contributed by atoms with Gasteiger partial charge < -0.3 is 15.3 Å². The summed E-state index contributed by atoms with van der Waals surface area (Å²) in [7, 11) is 0. The Morgan fingerprint density at radius 1 is 1.15 bits per heavy atom. The van der Waals surface area contributed by atoms with Gasteiger partial charge in [0.2, 0.25) is 0 Å². The van der Waals surface area contributed by atoms with Crippen molar-refractivity contribution < 1.29 is 0 Å². The quantitative estimate of drug-likeness (QED) is 0.726. The molecule has 0 saturated carbocycles. The molecule has 0 aliphatic heterocycles. The zero-order chi connectivity index (χ0) is 14.5. The molecule has 0 amide bonds. The third kappa shape index (κ3) is 3.73. The summed E-state index contributed by atoms with van der Waals surface area (Å²) in [5, 5.41) is 3.61. The summed E-state index contributed by atoms with van der Waals surface area (Å²) in [5.74, 6) is 0.705. The fraction of sp³-hybridized carbons (Fsp3) is 0.562. The van der Waals surface area contributed by atoms with Crippen molar-refractivity contribution in [1.29, 1.82) is 0 Å². The highest BCUT2D eigenvalue weighted by atomic mass is 16.1. The minimum absolute atomic E-state index is 0.141. The Labute approximate surface area is 120 Å². The number of aromatic nitrogens is 2. The number of rotatable bonds is 7. The van der Waals surface area contributed by atoms with Crippen molar-refractivity contribution in [3.63, 3.8) is 0 Å². The highest BCUT2D eigenvalue weighted by Gasteiger charge is 2.12. The zero-order valence-corrected chi connectivity index (χ0v) is 12.6. The molecule has 0 fully saturated rings. The van der Waals surface area contributed by atoms with Gasteiger partial charge in [0.25, 0.3) is 0 Å². The van der Waals surface area contributed by atoms with Crippen LogP contribution in [-0.2, 0) is 0 Å². The Morgan fingerprint density at radius 2 is 1.90 bits per heavy atom. The van der Waals surface area contributed by atoms with Crippen LogP contribution >= 0.6 is 0 Å². The largest absolute Gasteiger partial charge is 0.323 e. The molecule has 1 unspecified atom stereocenters. The highest BCUT2D eigenvalue weighted by Crippen LogP contribution is 2.23. The summed E-state index contributed by atoms with van der Waals surface area (Å²) in [6.07, 6.45) is 3.45. The molecule has 1 aromatic carbocycles. The molecule has 20 heavy (non-hydrogen) atoms. The Bertz CT molecular complexity index is 597. The Hall–Kier alpha value is -1.55. The lowest BCUT2D eigenvalue weighted by atomic mass is 9.97. The molecule has 0 aliphatic carbocycles. The van der Waals surface area contributed by atoms with Gasteiger partial charge in [-0.05, 0) is 49.4 Å².